The van der Waals surface area contributed by atoms with E-state index in [-0.39, 0.29) is 0 Å². The molecule has 1 aromatic carbocycles. The highest BCUT2D eigenvalue weighted by Crippen LogP contribution is 2.30. The molecule has 0 heterocycles. The second kappa shape index (κ2) is 5.36. The standard InChI is InChI=1S/C19H24/c1-3-15-6-10-18-12-16-8-4-14(2)5-9-17(16)13-19(18)11-7-15/h4,7-8,11-15H,3,5-6,9-10H2,1-2H3. The molecule has 0 aromatic heterocycles. The quantitative estimate of drug-likeness (QED) is 0.639. The molecular weight excluding hydrogens is 228 g/mol. The summed E-state index contributed by atoms with van der Waals surface area (Å²) in [6.45, 7) is 4.61. The Morgan fingerprint density at radius 1 is 0.947 bits per heavy atom. The molecule has 0 saturated carbocycles. The van der Waals surface area contributed by atoms with E-state index in [2.05, 4.69) is 50.3 Å². The first-order valence-corrected chi connectivity index (χ1v) is 7.78. The van der Waals surface area contributed by atoms with Gasteiger partial charge >= 0.3 is 0 Å². The van der Waals surface area contributed by atoms with Crippen LogP contribution in [0.25, 0.3) is 12.2 Å². The summed E-state index contributed by atoms with van der Waals surface area (Å²) in [5, 5.41) is 0. The van der Waals surface area contributed by atoms with Gasteiger partial charge in [-0.2, -0.15) is 0 Å². The van der Waals surface area contributed by atoms with Gasteiger partial charge in [-0.05, 0) is 66.2 Å². The zero-order chi connectivity index (χ0) is 13.2. The van der Waals surface area contributed by atoms with Gasteiger partial charge in [-0.25, -0.2) is 0 Å². The molecule has 0 amide bonds. The molecule has 0 nitrogen and oxygen atoms in total. The maximum absolute atomic E-state index is 2.45. The second-order valence-electron chi connectivity index (χ2n) is 6.19. The third-order valence-corrected chi connectivity index (χ3v) is 4.73. The van der Waals surface area contributed by atoms with E-state index in [4.69, 9.17) is 0 Å². The number of rotatable bonds is 1. The molecule has 0 radical (unpaired) electrons. The average molecular weight is 252 g/mol. The van der Waals surface area contributed by atoms with E-state index >= 15 is 0 Å². The fourth-order valence-corrected chi connectivity index (χ4v) is 3.24. The first kappa shape index (κ1) is 12.7. The normalized spacial score (nSPS) is 25.4. The number of hydrogen-bond acceptors (Lipinski definition) is 0. The summed E-state index contributed by atoms with van der Waals surface area (Å²) in [6, 6.07) is 4.89. The van der Waals surface area contributed by atoms with Crippen LogP contribution < -0.4 is 0 Å². The zero-order valence-electron chi connectivity index (χ0n) is 12.2. The highest BCUT2D eigenvalue weighted by Gasteiger charge is 2.14. The lowest BCUT2D eigenvalue weighted by atomic mass is 9.94. The predicted molar refractivity (Wildman–Crippen MR) is 84.1 cm³/mol. The maximum Gasteiger partial charge on any atom is -0.0224 e. The van der Waals surface area contributed by atoms with E-state index in [1.807, 2.05) is 0 Å². The van der Waals surface area contributed by atoms with Crippen LogP contribution in [0.4, 0.5) is 0 Å². The van der Waals surface area contributed by atoms with Gasteiger partial charge in [0.2, 0.25) is 0 Å². The van der Waals surface area contributed by atoms with Gasteiger partial charge in [-0.1, -0.05) is 50.3 Å². The number of allylic oxidation sites excluding steroid dienone is 2. The van der Waals surface area contributed by atoms with Crippen LogP contribution in [0.3, 0.4) is 0 Å². The van der Waals surface area contributed by atoms with Crippen molar-refractivity contribution in [3.8, 4) is 0 Å². The Labute approximate surface area is 117 Å². The first-order valence-electron chi connectivity index (χ1n) is 7.78. The van der Waals surface area contributed by atoms with Crippen molar-refractivity contribution in [2.24, 2.45) is 11.8 Å². The van der Waals surface area contributed by atoms with E-state index in [1.54, 1.807) is 11.1 Å². The lowest BCUT2D eigenvalue weighted by molar-refractivity contribution is 0.578. The molecule has 2 unspecified atom stereocenters. The lowest BCUT2D eigenvalue weighted by Crippen LogP contribution is -1.98. The van der Waals surface area contributed by atoms with Crippen LogP contribution in [0.15, 0.2) is 24.3 Å². The fraction of sp³-hybridized carbons (Fsp3) is 0.474. The van der Waals surface area contributed by atoms with E-state index < -0.39 is 0 Å². The number of aryl methyl sites for hydroxylation is 2. The van der Waals surface area contributed by atoms with Crippen LogP contribution in [0, 0.1) is 11.8 Å². The second-order valence-corrected chi connectivity index (χ2v) is 6.19. The molecule has 2 atom stereocenters. The molecular formula is C19H24. The van der Waals surface area contributed by atoms with Gasteiger partial charge in [0.05, 0.1) is 0 Å². The van der Waals surface area contributed by atoms with E-state index in [0.29, 0.717) is 5.92 Å². The lowest BCUT2D eigenvalue weighted by Gasteiger charge is -2.11. The van der Waals surface area contributed by atoms with Gasteiger partial charge in [-0.3, -0.25) is 0 Å². The number of hydrogen-bond donors (Lipinski definition) is 0. The summed E-state index contributed by atoms with van der Waals surface area (Å²) >= 11 is 0. The largest absolute Gasteiger partial charge is 0.0811 e. The van der Waals surface area contributed by atoms with Gasteiger partial charge in [0.1, 0.15) is 0 Å². The third kappa shape index (κ3) is 2.68. The Balaban J connectivity index is 1.98. The van der Waals surface area contributed by atoms with Crippen LogP contribution in [-0.4, -0.2) is 0 Å². The zero-order valence-corrected chi connectivity index (χ0v) is 12.2. The highest BCUT2D eigenvalue weighted by molar-refractivity contribution is 5.64. The SMILES string of the molecule is CCC1C=Cc2cc3c(cc2CC1)C=CC(C)CC3. The third-order valence-electron chi connectivity index (χ3n) is 4.73. The summed E-state index contributed by atoms with van der Waals surface area (Å²) < 4.78 is 0. The van der Waals surface area contributed by atoms with Crippen LogP contribution in [0.1, 0.15) is 55.4 Å². The minimum Gasteiger partial charge on any atom is -0.0811 e. The summed E-state index contributed by atoms with van der Waals surface area (Å²) in [5.41, 5.74) is 6.02. The van der Waals surface area contributed by atoms with Gasteiger partial charge < -0.3 is 0 Å². The summed E-state index contributed by atoms with van der Waals surface area (Å²) in [6.07, 6.45) is 15.8. The van der Waals surface area contributed by atoms with Gasteiger partial charge in [-0.15, -0.1) is 0 Å². The van der Waals surface area contributed by atoms with Crippen molar-refractivity contribution in [3.63, 3.8) is 0 Å². The summed E-state index contributed by atoms with van der Waals surface area (Å²) in [4.78, 5) is 0. The molecule has 3 rings (SSSR count). The predicted octanol–water partition coefficient (Wildman–Crippen LogP) is 5.27. The van der Waals surface area contributed by atoms with Crippen LogP contribution in [-0.2, 0) is 12.8 Å². The van der Waals surface area contributed by atoms with Crippen molar-refractivity contribution in [2.45, 2.75) is 46.0 Å². The first-order chi connectivity index (χ1) is 9.26. The van der Waals surface area contributed by atoms with Gasteiger partial charge in [0.25, 0.3) is 0 Å². The molecule has 0 heteroatoms. The van der Waals surface area contributed by atoms with Crippen LogP contribution in [0.2, 0.25) is 0 Å². The van der Waals surface area contributed by atoms with E-state index in [1.165, 1.54) is 43.2 Å². The van der Waals surface area contributed by atoms with Gasteiger partial charge in [0, 0.05) is 0 Å². The summed E-state index contributed by atoms with van der Waals surface area (Å²) in [5.74, 6) is 1.48. The molecule has 2 aliphatic rings. The molecule has 100 valence electrons. The van der Waals surface area contributed by atoms with Crippen molar-refractivity contribution >= 4 is 12.2 Å². The summed E-state index contributed by atoms with van der Waals surface area (Å²) in [7, 11) is 0. The molecule has 0 saturated heterocycles. The molecule has 0 N–H and O–H groups in total. The molecule has 1 aromatic rings. The monoisotopic (exact) mass is 252 g/mol. The van der Waals surface area contributed by atoms with Crippen LogP contribution in [0.5, 0.6) is 0 Å². The Kier molecular flexibility index (Phi) is 3.59. The molecule has 19 heavy (non-hydrogen) atoms. The highest BCUT2D eigenvalue weighted by atomic mass is 14.2. The van der Waals surface area contributed by atoms with Crippen LogP contribution >= 0.6 is 0 Å². The molecule has 0 spiro atoms. The fourth-order valence-electron chi connectivity index (χ4n) is 3.24. The Morgan fingerprint density at radius 3 is 2.26 bits per heavy atom. The number of fused-ring (bicyclic) bond motifs is 2. The maximum atomic E-state index is 2.45. The Bertz CT molecular complexity index is 519. The smallest absolute Gasteiger partial charge is 0.0224 e. The molecule has 2 aliphatic carbocycles. The van der Waals surface area contributed by atoms with Crippen molar-refractivity contribution in [1.29, 1.82) is 0 Å². The van der Waals surface area contributed by atoms with Crippen molar-refractivity contribution in [2.75, 3.05) is 0 Å². The van der Waals surface area contributed by atoms with E-state index in [0.717, 1.165) is 5.92 Å². The Morgan fingerprint density at radius 2 is 1.58 bits per heavy atom. The average Bonchev–Trinajstić information content (AvgIpc) is 2.73. The van der Waals surface area contributed by atoms with Gasteiger partial charge in [0.15, 0.2) is 0 Å². The molecule has 0 bridgehead atoms. The van der Waals surface area contributed by atoms with E-state index in [9.17, 15) is 0 Å². The minimum absolute atomic E-state index is 0.715. The van der Waals surface area contributed by atoms with Crippen molar-refractivity contribution in [1.82, 2.24) is 0 Å². The molecule has 0 aliphatic heterocycles. The van der Waals surface area contributed by atoms with Crippen molar-refractivity contribution in [3.05, 3.63) is 46.5 Å². The Hall–Kier alpha value is -1.30. The minimum atomic E-state index is 0.715. The van der Waals surface area contributed by atoms with Crippen molar-refractivity contribution < 1.29 is 0 Å². The number of benzene rings is 1. The topological polar surface area (TPSA) is 0 Å². The molecule has 0 fully saturated rings.